The van der Waals surface area contributed by atoms with E-state index in [1.54, 1.807) is 18.5 Å². The molecule has 0 saturated heterocycles. The molecule has 1 aromatic heterocycles. The van der Waals surface area contributed by atoms with Gasteiger partial charge in [-0.25, -0.2) is 4.79 Å². The number of carboxylic acid groups (broad SMARTS) is 1. The average molecular weight is 293 g/mol. The minimum atomic E-state index is -0.953. The summed E-state index contributed by atoms with van der Waals surface area (Å²) in [5, 5.41) is 10.9. The van der Waals surface area contributed by atoms with E-state index < -0.39 is 5.97 Å². The van der Waals surface area contributed by atoms with E-state index in [9.17, 15) is 9.90 Å². The first-order valence-corrected chi connectivity index (χ1v) is 7.03. The fraction of sp³-hybridized carbons (Fsp3) is 0.111. The topological polar surface area (TPSA) is 59.4 Å². The summed E-state index contributed by atoms with van der Waals surface area (Å²) in [5.74, 6) is -0.152. The first-order valence-electron chi connectivity index (χ1n) is 7.03. The van der Waals surface area contributed by atoms with Crippen molar-refractivity contribution in [1.29, 1.82) is 0 Å². The van der Waals surface area contributed by atoms with E-state index in [0.717, 1.165) is 22.3 Å². The number of hydrogen-bond acceptors (Lipinski definition) is 3. The lowest BCUT2D eigenvalue weighted by atomic mass is 9.98. The molecule has 0 aliphatic rings. The fourth-order valence-corrected chi connectivity index (χ4v) is 2.45. The van der Waals surface area contributed by atoms with Crippen LogP contribution in [0.2, 0.25) is 0 Å². The van der Waals surface area contributed by atoms with Gasteiger partial charge in [-0.05, 0) is 53.8 Å². The molecule has 3 rings (SSSR count). The zero-order valence-corrected chi connectivity index (χ0v) is 12.1. The molecular weight excluding hydrogens is 278 g/mol. The third kappa shape index (κ3) is 2.63. The molecule has 0 bridgehead atoms. The monoisotopic (exact) mass is 293 g/mol. The van der Waals surface area contributed by atoms with Crippen molar-refractivity contribution in [2.45, 2.75) is 6.92 Å². The molecule has 0 amide bonds. The maximum atomic E-state index is 11.5. The molecule has 0 aliphatic heterocycles. The van der Waals surface area contributed by atoms with E-state index in [2.05, 4.69) is 4.98 Å². The summed E-state index contributed by atoms with van der Waals surface area (Å²) in [6.45, 7) is 2.55. The molecule has 110 valence electrons. The average Bonchev–Trinajstić information content (AvgIpc) is 2.54. The molecule has 0 spiro atoms. The lowest BCUT2D eigenvalue weighted by Gasteiger charge is -2.09. The number of nitrogens with zero attached hydrogens (tertiary/aromatic N) is 1. The number of benzene rings is 2. The van der Waals surface area contributed by atoms with Crippen LogP contribution in [0, 0.1) is 0 Å². The Labute approximate surface area is 128 Å². The van der Waals surface area contributed by atoms with E-state index in [4.69, 9.17) is 4.74 Å². The van der Waals surface area contributed by atoms with E-state index in [1.165, 1.54) is 0 Å². The molecule has 0 atom stereocenters. The summed E-state index contributed by atoms with van der Waals surface area (Å²) < 4.78 is 5.43. The summed E-state index contributed by atoms with van der Waals surface area (Å²) in [4.78, 5) is 15.5. The first kappa shape index (κ1) is 14.1. The van der Waals surface area contributed by atoms with Gasteiger partial charge in [0.2, 0.25) is 0 Å². The summed E-state index contributed by atoms with van der Waals surface area (Å²) in [5.41, 5.74) is 2.07. The summed E-state index contributed by atoms with van der Waals surface area (Å²) in [7, 11) is 0. The van der Waals surface area contributed by atoms with Crippen molar-refractivity contribution in [2.75, 3.05) is 6.61 Å². The maximum Gasteiger partial charge on any atom is 0.336 e. The number of rotatable bonds is 4. The van der Waals surface area contributed by atoms with Crippen LogP contribution in [-0.4, -0.2) is 22.7 Å². The van der Waals surface area contributed by atoms with Crippen LogP contribution in [-0.2, 0) is 0 Å². The van der Waals surface area contributed by atoms with E-state index >= 15 is 0 Å². The van der Waals surface area contributed by atoms with Crippen molar-refractivity contribution in [3.05, 3.63) is 60.4 Å². The zero-order chi connectivity index (χ0) is 15.5. The van der Waals surface area contributed by atoms with Gasteiger partial charge >= 0.3 is 5.97 Å². The third-order valence-corrected chi connectivity index (χ3v) is 3.48. The number of aromatic nitrogens is 1. The number of carbonyl (C=O) groups is 1. The Balaban J connectivity index is 2.12. The molecule has 1 heterocycles. The number of aromatic carboxylic acids is 1. The van der Waals surface area contributed by atoms with Crippen LogP contribution in [0.5, 0.6) is 5.75 Å². The van der Waals surface area contributed by atoms with Crippen molar-refractivity contribution in [3.63, 3.8) is 0 Å². The van der Waals surface area contributed by atoms with Gasteiger partial charge in [0.1, 0.15) is 5.75 Å². The van der Waals surface area contributed by atoms with Crippen LogP contribution in [0.4, 0.5) is 0 Å². The Morgan fingerprint density at radius 1 is 1.14 bits per heavy atom. The van der Waals surface area contributed by atoms with E-state index in [0.29, 0.717) is 12.0 Å². The van der Waals surface area contributed by atoms with Gasteiger partial charge in [-0.3, -0.25) is 4.98 Å². The van der Waals surface area contributed by atoms with Gasteiger partial charge in [0.25, 0.3) is 0 Å². The first-order chi connectivity index (χ1) is 10.7. The van der Waals surface area contributed by atoms with Crippen molar-refractivity contribution in [3.8, 4) is 16.9 Å². The highest BCUT2D eigenvalue weighted by Crippen LogP contribution is 2.28. The number of carboxylic acids is 1. The molecule has 22 heavy (non-hydrogen) atoms. The third-order valence-electron chi connectivity index (χ3n) is 3.48. The Hall–Kier alpha value is -2.88. The molecule has 0 saturated carbocycles. The van der Waals surface area contributed by atoms with Crippen LogP contribution in [0.15, 0.2) is 54.9 Å². The van der Waals surface area contributed by atoms with Crippen molar-refractivity contribution < 1.29 is 14.6 Å². The van der Waals surface area contributed by atoms with Crippen LogP contribution >= 0.6 is 0 Å². The Kier molecular flexibility index (Phi) is 3.74. The van der Waals surface area contributed by atoms with Gasteiger partial charge in [0.15, 0.2) is 0 Å². The second-order valence-electron chi connectivity index (χ2n) is 4.88. The zero-order valence-electron chi connectivity index (χ0n) is 12.1. The SMILES string of the molecule is CCOc1ccc(-c2cc(C(=O)O)c3cnccc3c2)cc1. The van der Waals surface area contributed by atoms with Crippen molar-refractivity contribution in [1.82, 2.24) is 4.98 Å². The standard InChI is InChI=1S/C18H15NO3/c1-2-22-15-5-3-12(4-6-15)14-9-13-7-8-19-11-17(13)16(10-14)18(20)21/h3-11H,2H2,1H3,(H,20,21). The van der Waals surface area contributed by atoms with Crippen LogP contribution in [0.3, 0.4) is 0 Å². The quantitative estimate of drug-likeness (QED) is 0.790. The Morgan fingerprint density at radius 2 is 1.91 bits per heavy atom. The highest BCUT2D eigenvalue weighted by atomic mass is 16.5. The lowest BCUT2D eigenvalue weighted by Crippen LogP contribution is -1.98. The molecule has 3 aromatic rings. The summed E-state index contributed by atoms with van der Waals surface area (Å²) >= 11 is 0. The number of hydrogen-bond donors (Lipinski definition) is 1. The van der Waals surface area contributed by atoms with Crippen molar-refractivity contribution in [2.24, 2.45) is 0 Å². The van der Waals surface area contributed by atoms with Gasteiger partial charge in [-0.2, -0.15) is 0 Å². The summed E-state index contributed by atoms with van der Waals surface area (Å²) in [6, 6.07) is 13.1. The smallest absolute Gasteiger partial charge is 0.336 e. The summed E-state index contributed by atoms with van der Waals surface area (Å²) in [6.07, 6.45) is 3.25. The number of fused-ring (bicyclic) bond motifs is 1. The predicted molar refractivity (Wildman–Crippen MR) is 85.3 cm³/mol. The normalized spacial score (nSPS) is 10.6. The minimum Gasteiger partial charge on any atom is -0.494 e. The fourth-order valence-electron chi connectivity index (χ4n) is 2.45. The largest absolute Gasteiger partial charge is 0.494 e. The number of pyridine rings is 1. The number of ether oxygens (including phenoxy) is 1. The highest BCUT2D eigenvalue weighted by molar-refractivity contribution is 6.05. The van der Waals surface area contributed by atoms with Gasteiger partial charge < -0.3 is 9.84 Å². The minimum absolute atomic E-state index is 0.259. The Morgan fingerprint density at radius 3 is 2.59 bits per heavy atom. The molecule has 0 unspecified atom stereocenters. The van der Waals surface area contributed by atoms with Gasteiger partial charge in [-0.1, -0.05) is 12.1 Å². The van der Waals surface area contributed by atoms with Crippen molar-refractivity contribution >= 4 is 16.7 Å². The highest BCUT2D eigenvalue weighted by Gasteiger charge is 2.11. The molecular formula is C18H15NO3. The predicted octanol–water partition coefficient (Wildman–Crippen LogP) is 4.00. The molecule has 2 aromatic carbocycles. The molecule has 4 nitrogen and oxygen atoms in total. The van der Waals surface area contributed by atoms with E-state index in [1.807, 2.05) is 43.3 Å². The van der Waals surface area contributed by atoms with E-state index in [-0.39, 0.29) is 5.56 Å². The maximum absolute atomic E-state index is 11.5. The molecule has 0 aliphatic carbocycles. The second kappa shape index (κ2) is 5.85. The lowest BCUT2D eigenvalue weighted by molar-refractivity contribution is 0.0699. The van der Waals surface area contributed by atoms with Crippen LogP contribution in [0.1, 0.15) is 17.3 Å². The molecule has 0 radical (unpaired) electrons. The molecule has 0 fully saturated rings. The Bertz CT molecular complexity index is 825. The molecule has 1 N–H and O–H groups in total. The van der Waals surface area contributed by atoms with Crippen LogP contribution < -0.4 is 4.74 Å². The van der Waals surface area contributed by atoms with Gasteiger partial charge in [0, 0.05) is 17.8 Å². The second-order valence-corrected chi connectivity index (χ2v) is 4.88. The van der Waals surface area contributed by atoms with Gasteiger partial charge in [0.05, 0.1) is 12.2 Å². The molecule has 4 heteroatoms. The van der Waals surface area contributed by atoms with Crippen LogP contribution in [0.25, 0.3) is 21.9 Å². The van der Waals surface area contributed by atoms with Gasteiger partial charge in [-0.15, -0.1) is 0 Å².